The summed E-state index contributed by atoms with van der Waals surface area (Å²) in [5, 5.41) is 3.03. The minimum atomic E-state index is 0.0362. The SMILES string of the molecule is COc1cccc(CCC(=O)NCC2CCCN(C(=O)c3ccc[nH]3)C2)c1. The minimum absolute atomic E-state index is 0.0362. The van der Waals surface area contributed by atoms with Crippen LogP contribution >= 0.6 is 0 Å². The van der Waals surface area contributed by atoms with Gasteiger partial charge in [0, 0.05) is 32.3 Å². The summed E-state index contributed by atoms with van der Waals surface area (Å²) in [5.41, 5.74) is 1.71. The number of likely N-dealkylation sites (tertiary alicyclic amines) is 1. The molecule has 1 fully saturated rings. The van der Waals surface area contributed by atoms with E-state index < -0.39 is 0 Å². The van der Waals surface area contributed by atoms with E-state index in [4.69, 9.17) is 4.74 Å². The van der Waals surface area contributed by atoms with Gasteiger partial charge < -0.3 is 19.9 Å². The number of aromatic nitrogens is 1. The van der Waals surface area contributed by atoms with Crippen LogP contribution in [0.5, 0.6) is 5.75 Å². The monoisotopic (exact) mass is 369 g/mol. The van der Waals surface area contributed by atoms with E-state index in [1.165, 1.54) is 0 Å². The molecule has 0 aliphatic carbocycles. The van der Waals surface area contributed by atoms with Crippen LogP contribution in [-0.4, -0.2) is 48.4 Å². The van der Waals surface area contributed by atoms with Crippen LogP contribution in [0.2, 0.25) is 0 Å². The van der Waals surface area contributed by atoms with Crippen molar-refractivity contribution in [3.8, 4) is 5.75 Å². The molecule has 0 saturated carbocycles. The molecule has 2 aromatic rings. The van der Waals surface area contributed by atoms with Crippen molar-refractivity contribution in [1.29, 1.82) is 0 Å². The van der Waals surface area contributed by atoms with E-state index >= 15 is 0 Å². The smallest absolute Gasteiger partial charge is 0.270 e. The first-order chi connectivity index (χ1) is 13.2. The average Bonchev–Trinajstić information content (AvgIpc) is 3.25. The Morgan fingerprint density at radius 1 is 1.30 bits per heavy atom. The number of rotatable bonds is 7. The fraction of sp³-hybridized carbons (Fsp3) is 0.429. The maximum atomic E-state index is 12.5. The predicted octanol–water partition coefficient (Wildman–Crippen LogP) is 2.62. The van der Waals surface area contributed by atoms with E-state index in [9.17, 15) is 9.59 Å². The van der Waals surface area contributed by atoms with Gasteiger partial charge in [-0.3, -0.25) is 9.59 Å². The van der Waals surface area contributed by atoms with Crippen LogP contribution in [0.15, 0.2) is 42.6 Å². The zero-order valence-electron chi connectivity index (χ0n) is 15.7. The molecule has 2 amide bonds. The molecule has 2 N–H and O–H groups in total. The molecular weight excluding hydrogens is 342 g/mol. The Labute approximate surface area is 159 Å². The Kier molecular flexibility index (Phi) is 6.52. The zero-order valence-corrected chi connectivity index (χ0v) is 15.7. The highest BCUT2D eigenvalue weighted by Gasteiger charge is 2.25. The summed E-state index contributed by atoms with van der Waals surface area (Å²) in [4.78, 5) is 29.5. The number of benzene rings is 1. The van der Waals surface area contributed by atoms with Crippen molar-refractivity contribution < 1.29 is 14.3 Å². The van der Waals surface area contributed by atoms with Gasteiger partial charge in [-0.2, -0.15) is 0 Å². The maximum Gasteiger partial charge on any atom is 0.270 e. The number of H-pyrrole nitrogens is 1. The Bertz CT molecular complexity index is 758. The molecule has 0 bridgehead atoms. The van der Waals surface area contributed by atoms with Crippen LogP contribution in [0.1, 0.15) is 35.3 Å². The van der Waals surface area contributed by atoms with Gasteiger partial charge in [0.05, 0.1) is 7.11 Å². The molecule has 6 heteroatoms. The third-order valence-corrected chi connectivity index (χ3v) is 5.00. The highest BCUT2D eigenvalue weighted by molar-refractivity contribution is 5.92. The van der Waals surface area contributed by atoms with E-state index in [2.05, 4.69) is 10.3 Å². The Morgan fingerprint density at radius 2 is 2.19 bits per heavy atom. The lowest BCUT2D eigenvalue weighted by Gasteiger charge is -2.32. The number of aryl methyl sites for hydroxylation is 1. The van der Waals surface area contributed by atoms with Crippen LogP contribution < -0.4 is 10.1 Å². The number of hydrogen-bond donors (Lipinski definition) is 2. The molecule has 3 rings (SSSR count). The third kappa shape index (κ3) is 5.36. The second-order valence-electron chi connectivity index (χ2n) is 7.00. The molecule has 0 spiro atoms. The van der Waals surface area contributed by atoms with Crippen molar-refractivity contribution in [3.05, 3.63) is 53.9 Å². The highest BCUT2D eigenvalue weighted by atomic mass is 16.5. The second kappa shape index (κ2) is 9.26. The van der Waals surface area contributed by atoms with E-state index in [0.29, 0.717) is 37.5 Å². The number of nitrogens with zero attached hydrogens (tertiary/aromatic N) is 1. The number of hydrogen-bond acceptors (Lipinski definition) is 3. The number of ether oxygens (including phenoxy) is 1. The first kappa shape index (κ1) is 19.0. The van der Waals surface area contributed by atoms with E-state index in [1.54, 1.807) is 19.4 Å². The molecule has 1 aliphatic rings. The van der Waals surface area contributed by atoms with Gasteiger partial charge in [-0.25, -0.2) is 0 Å². The van der Waals surface area contributed by atoms with E-state index in [0.717, 1.165) is 30.7 Å². The summed E-state index contributed by atoms with van der Waals surface area (Å²) in [7, 11) is 1.64. The van der Waals surface area contributed by atoms with Crippen molar-refractivity contribution in [2.45, 2.75) is 25.7 Å². The summed E-state index contributed by atoms with van der Waals surface area (Å²) < 4.78 is 5.21. The number of amides is 2. The van der Waals surface area contributed by atoms with Crippen molar-refractivity contribution in [3.63, 3.8) is 0 Å². The van der Waals surface area contributed by atoms with Gasteiger partial charge in [0.15, 0.2) is 0 Å². The number of methoxy groups -OCH3 is 1. The topological polar surface area (TPSA) is 74.4 Å². The van der Waals surface area contributed by atoms with Crippen LogP contribution in [0, 0.1) is 5.92 Å². The largest absolute Gasteiger partial charge is 0.497 e. The Balaban J connectivity index is 1.42. The molecule has 1 aromatic heterocycles. The van der Waals surface area contributed by atoms with Crippen LogP contribution in [0.3, 0.4) is 0 Å². The molecule has 6 nitrogen and oxygen atoms in total. The fourth-order valence-corrected chi connectivity index (χ4v) is 3.48. The number of carbonyl (C=O) groups excluding carboxylic acids is 2. The number of carbonyl (C=O) groups is 2. The molecule has 144 valence electrons. The number of aromatic amines is 1. The van der Waals surface area contributed by atoms with Crippen molar-refractivity contribution in [2.24, 2.45) is 5.92 Å². The summed E-state index contributed by atoms with van der Waals surface area (Å²) in [6.07, 6.45) is 4.90. The van der Waals surface area contributed by atoms with Gasteiger partial charge in [-0.15, -0.1) is 0 Å². The number of piperidine rings is 1. The second-order valence-corrected chi connectivity index (χ2v) is 7.00. The zero-order chi connectivity index (χ0) is 19.1. The van der Waals surface area contributed by atoms with E-state index in [-0.39, 0.29) is 11.8 Å². The van der Waals surface area contributed by atoms with Gasteiger partial charge in [-0.1, -0.05) is 12.1 Å². The fourth-order valence-electron chi connectivity index (χ4n) is 3.48. The van der Waals surface area contributed by atoms with Crippen molar-refractivity contribution in [1.82, 2.24) is 15.2 Å². The quantitative estimate of drug-likeness (QED) is 0.788. The molecule has 27 heavy (non-hydrogen) atoms. The van der Waals surface area contributed by atoms with Gasteiger partial charge >= 0.3 is 0 Å². The molecular formula is C21H27N3O3. The lowest BCUT2D eigenvalue weighted by molar-refractivity contribution is -0.121. The summed E-state index contributed by atoms with van der Waals surface area (Å²) >= 11 is 0. The summed E-state index contributed by atoms with van der Waals surface area (Å²) in [6.45, 7) is 2.08. The normalized spacial score (nSPS) is 16.8. The molecule has 1 aliphatic heterocycles. The molecule has 2 heterocycles. The van der Waals surface area contributed by atoms with Crippen LogP contribution in [0.4, 0.5) is 0 Å². The highest BCUT2D eigenvalue weighted by Crippen LogP contribution is 2.18. The summed E-state index contributed by atoms with van der Waals surface area (Å²) in [5.74, 6) is 1.19. The average molecular weight is 369 g/mol. The molecule has 1 atom stereocenters. The lowest BCUT2D eigenvalue weighted by atomic mass is 9.97. The standard InChI is InChI=1S/C21H27N3O3/c1-27-18-7-2-5-16(13-18)9-10-20(25)23-14-17-6-4-12-24(15-17)21(26)19-8-3-11-22-19/h2-3,5,7-8,11,13,17,22H,4,6,9-10,12,14-15H2,1H3,(H,23,25). The third-order valence-electron chi connectivity index (χ3n) is 5.00. The first-order valence-electron chi connectivity index (χ1n) is 9.48. The van der Waals surface area contributed by atoms with Gasteiger partial charge in [-0.05, 0) is 55.0 Å². The lowest BCUT2D eigenvalue weighted by Crippen LogP contribution is -2.43. The van der Waals surface area contributed by atoms with Crippen LogP contribution in [-0.2, 0) is 11.2 Å². The van der Waals surface area contributed by atoms with Gasteiger partial charge in [0.25, 0.3) is 5.91 Å². The summed E-state index contributed by atoms with van der Waals surface area (Å²) in [6, 6.07) is 11.4. The first-order valence-corrected chi connectivity index (χ1v) is 9.48. The Morgan fingerprint density at radius 3 is 2.96 bits per heavy atom. The van der Waals surface area contributed by atoms with Crippen molar-refractivity contribution in [2.75, 3.05) is 26.7 Å². The predicted molar refractivity (Wildman–Crippen MR) is 104 cm³/mol. The van der Waals surface area contributed by atoms with Crippen LogP contribution in [0.25, 0.3) is 0 Å². The number of nitrogens with one attached hydrogen (secondary N) is 2. The molecule has 1 aromatic carbocycles. The van der Waals surface area contributed by atoms with E-state index in [1.807, 2.05) is 35.2 Å². The molecule has 1 saturated heterocycles. The van der Waals surface area contributed by atoms with Crippen molar-refractivity contribution >= 4 is 11.8 Å². The minimum Gasteiger partial charge on any atom is -0.497 e. The molecule has 0 radical (unpaired) electrons. The maximum absolute atomic E-state index is 12.5. The molecule has 1 unspecified atom stereocenters. The van der Waals surface area contributed by atoms with Gasteiger partial charge in [0.2, 0.25) is 5.91 Å². The van der Waals surface area contributed by atoms with Gasteiger partial charge in [0.1, 0.15) is 11.4 Å². The Hall–Kier alpha value is -2.76.